The minimum absolute atomic E-state index is 0.175. The van der Waals surface area contributed by atoms with E-state index in [2.05, 4.69) is 12.2 Å². The Balaban J connectivity index is 2.10. The van der Waals surface area contributed by atoms with Gasteiger partial charge in [0.05, 0.1) is 0 Å². The Hall–Kier alpha value is 0.110. The number of carbonyl (C=O) groups is 1. The predicted molar refractivity (Wildman–Crippen MR) is 67.7 cm³/mol. The summed E-state index contributed by atoms with van der Waals surface area (Å²) in [5, 5.41) is 3.02. The molecule has 0 spiro atoms. The molecule has 4 heteroatoms. The number of halogens is 1. The number of hydrogen-bond acceptors (Lipinski definition) is 2. The highest BCUT2D eigenvalue weighted by atomic mass is 35.5. The van der Waals surface area contributed by atoms with Gasteiger partial charge in [-0.15, -0.1) is 11.6 Å². The smallest absolute Gasteiger partial charge is 0.220 e. The summed E-state index contributed by atoms with van der Waals surface area (Å²) < 4.78 is 0.280. The van der Waals surface area contributed by atoms with Crippen LogP contribution in [0.4, 0.5) is 0 Å². The summed E-state index contributed by atoms with van der Waals surface area (Å²) in [5.74, 6) is 2.06. The van der Waals surface area contributed by atoms with E-state index in [1.54, 1.807) is 0 Å². The molecule has 1 rings (SSSR count). The number of carbonyl (C=O) groups excluding carboxylic acids is 1. The van der Waals surface area contributed by atoms with Crippen LogP contribution >= 0.6 is 23.4 Å². The van der Waals surface area contributed by atoms with E-state index >= 15 is 0 Å². The topological polar surface area (TPSA) is 29.1 Å². The molecular weight excluding hydrogens is 230 g/mol. The van der Waals surface area contributed by atoms with Crippen molar-refractivity contribution in [1.82, 2.24) is 5.32 Å². The quantitative estimate of drug-likeness (QED) is 0.579. The maximum atomic E-state index is 11.5. The maximum Gasteiger partial charge on any atom is 0.220 e. The van der Waals surface area contributed by atoms with Gasteiger partial charge in [-0.05, 0) is 38.4 Å². The van der Waals surface area contributed by atoms with Crippen LogP contribution in [-0.4, -0.2) is 28.8 Å². The van der Waals surface area contributed by atoms with Crippen LogP contribution in [0.25, 0.3) is 0 Å². The zero-order chi connectivity index (χ0) is 11.1. The van der Waals surface area contributed by atoms with Crippen molar-refractivity contribution in [1.29, 1.82) is 0 Å². The lowest BCUT2D eigenvalue weighted by atomic mass is 10.1. The van der Waals surface area contributed by atoms with Crippen molar-refractivity contribution >= 4 is 29.3 Å². The van der Waals surface area contributed by atoms with Gasteiger partial charge in [0.2, 0.25) is 5.91 Å². The molecular formula is C11H20ClNOS. The molecule has 0 aromatic rings. The lowest BCUT2D eigenvalue weighted by Gasteiger charge is -2.22. The van der Waals surface area contributed by atoms with Crippen molar-refractivity contribution in [2.75, 3.05) is 18.2 Å². The van der Waals surface area contributed by atoms with Crippen LogP contribution < -0.4 is 5.32 Å². The zero-order valence-corrected chi connectivity index (χ0v) is 10.9. The van der Waals surface area contributed by atoms with Gasteiger partial charge in [0.25, 0.3) is 0 Å². The average molecular weight is 250 g/mol. The summed E-state index contributed by atoms with van der Waals surface area (Å²) >= 11 is 7.53. The highest BCUT2D eigenvalue weighted by Crippen LogP contribution is 2.36. The molecule has 0 aliphatic carbocycles. The Morgan fingerprint density at radius 1 is 1.53 bits per heavy atom. The summed E-state index contributed by atoms with van der Waals surface area (Å²) in [6, 6.07) is 0. The van der Waals surface area contributed by atoms with Gasteiger partial charge in [-0.3, -0.25) is 4.79 Å². The third-order valence-electron chi connectivity index (χ3n) is 2.75. The van der Waals surface area contributed by atoms with Gasteiger partial charge in [0.1, 0.15) is 0 Å². The first-order valence-corrected chi connectivity index (χ1v) is 7.15. The van der Waals surface area contributed by atoms with Gasteiger partial charge >= 0.3 is 0 Å². The molecule has 0 radical (unpaired) electrons. The summed E-state index contributed by atoms with van der Waals surface area (Å²) in [7, 11) is 0. The lowest BCUT2D eigenvalue weighted by Crippen LogP contribution is -2.36. The van der Waals surface area contributed by atoms with Gasteiger partial charge in [-0.1, -0.05) is 0 Å². The molecule has 1 atom stereocenters. The second-order valence-electron chi connectivity index (χ2n) is 4.32. The fourth-order valence-electron chi connectivity index (χ4n) is 1.73. The molecule has 1 aliphatic rings. The number of nitrogens with one attached hydrogen (secondary N) is 1. The first kappa shape index (κ1) is 13.2. The van der Waals surface area contributed by atoms with Crippen LogP contribution in [0, 0.1) is 0 Å². The zero-order valence-electron chi connectivity index (χ0n) is 9.35. The number of alkyl halides is 1. The first-order valence-electron chi connectivity index (χ1n) is 5.63. The average Bonchev–Trinajstić information content (AvgIpc) is 2.64. The minimum atomic E-state index is 0.175. The second-order valence-corrected chi connectivity index (χ2v) is 6.39. The SMILES string of the molecule is CC1(CNC(=O)CCCCCl)CCCS1. The van der Waals surface area contributed by atoms with Crippen molar-refractivity contribution < 1.29 is 4.79 Å². The van der Waals surface area contributed by atoms with Crippen LogP contribution in [0.2, 0.25) is 0 Å². The van der Waals surface area contributed by atoms with E-state index in [9.17, 15) is 4.79 Å². The molecule has 2 nitrogen and oxygen atoms in total. The van der Waals surface area contributed by atoms with E-state index in [-0.39, 0.29) is 10.7 Å². The molecule has 0 bridgehead atoms. The molecule has 1 N–H and O–H groups in total. The van der Waals surface area contributed by atoms with E-state index in [0.29, 0.717) is 12.3 Å². The summed E-state index contributed by atoms with van der Waals surface area (Å²) in [5.41, 5.74) is 0. The molecule has 0 aromatic heterocycles. The molecule has 1 unspecified atom stereocenters. The predicted octanol–water partition coefficient (Wildman–Crippen LogP) is 2.80. The van der Waals surface area contributed by atoms with Gasteiger partial charge in [0, 0.05) is 23.6 Å². The Morgan fingerprint density at radius 2 is 2.33 bits per heavy atom. The highest BCUT2D eigenvalue weighted by molar-refractivity contribution is 8.00. The molecule has 1 heterocycles. The Kier molecular flexibility index (Phi) is 5.83. The number of unbranched alkanes of at least 4 members (excludes halogenated alkanes) is 1. The van der Waals surface area contributed by atoms with Crippen LogP contribution in [0.3, 0.4) is 0 Å². The van der Waals surface area contributed by atoms with Crippen molar-refractivity contribution in [2.24, 2.45) is 0 Å². The second kappa shape index (κ2) is 6.64. The number of rotatable bonds is 6. The molecule has 0 saturated carbocycles. The molecule has 1 fully saturated rings. The molecule has 1 amide bonds. The number of amides is 1. The van der Waals surface area contributed by atoms with E-state index in [0.717, 1.165) is 19.4 Å². The van der Waals surface area contributed by atoms with Crippen molar-refractivity contribution in [3.8, 4) is 0 Å². The van der Waals surface area contributed by atoms with Crippen LogP contribution in [-0.2, 0) is 4.79 Å². The van der Waals surface area contributed by atoms with E-state index < -0.39 is 0 Å². The maximum absolute atomic E-state index is 11.5. The summed E-state index contributed by atoms with van der Waals surface area (Å²) in [6.45, 7) is 3.06. The number of thioether (sulfide) groups is 1. The lowest BCUT2D eigenvalue weighted by molar-refractivity contribution is -0.121. The largest absolute Gasteiger partial charge is 0.355 e. The van der Waals surface area contributed by atoms with E-state index in [4.69, 9.17) is 11.6 Å². The third kappa shape index (κ3) is 5.12. The van der Waals surface area contributed by atoms with Crippen LogP contribution in [0.5, 0.6) is 0 Å². The monoisotopic (exact) mass is 249 g/mol. The Labute approximate surface area is 102 Å². The van der Waals surface area contributed by atoms with Gasteiger partial charge < -0.3 is 5.32 Å². The van der Waals surface area contributed by atoms with Crippen molar-refractivity contribution in [2.45, 2.75) is 43.8 Å². The van der Waals surface area contributed by atoms with Crippen LogP contribution in [0.15, 0.2) is 0 Å². The van der Waals surface area contributed by atoms with E-state index in [1.165, 1.54) is 18.6 Å². The highest BCUT2D eigenvalue weighted by Gasteiger charge is 2.29. The van der Waals surface area contributed by atoms with Crippen LogP contribution in [0.1, 0.15) is 39.0 Å². The first-order chi connectivity index (χ1) is 7.16. The molecule has 88 valence electrons. The third-order valence-corrected chi connectivity index (χ3v) is 4.55. The summed E-state index contributed by atoms with van der Waals surface area (Å²) in [4.78, 5) is 11.5. The Bertz CT molecular complexity index is 205. The van der Waals surface area contributed by atoms with Crippen molar-refractivity contribution in [3.63, 3.8) is 0 Å². The molecule has 1 aliphatic heterocycles. The van der Waals surface area contributed by atoms with E-state index in [1.807, 2.05) is 11.8 Å². The van der Waals surface area contributed by atoms with Gasteiger partial charge in [-0.2, -0.15) is 11.8 Å². The van der Waals surface area contributed by atoms with Gasteiger partial charge in [-0.25, -0.2) is 0 Å². The van der Waals surface area contributed by atoms with Gasteiger partial charge in [0.15, 0.2) is 0 Å². The standard InChI is InChI=1S/C11H20ClNOS/c1-11(6-4-8-15-11)9-13-10(14)5-2-3-7-12/h2-9H2,1H3,(H,13,14). The molecule has 1 saturated heterocycles. The minimum Gasteiger partial charge on any atom is -0.355 e. The Morgan fingerprint density at radius 3 is 2.93 bits per heavy atom. The normalized spacial score (nSPS) is 25.5. The molecule has 0 aromatic carbocycles. The summed E-state index contributed by atoms with van der Waals surface area (Å²) in [6.07, 6.45) is 4.95. The fourth-order valence-corrected chi connectivity index (χ4v) is 3.16. The fraction of sp³-hybridized carbons (Fsp3) is 0.909. The molecule has 15 heavy (non-hydrogen) atoms. The van der Waals surface area contributed by atoms with Crippen molar-refractivity contribution in [3.05, 3.63) is 0 Å². The number of hydrogen-bond donors (Lipinski definition) is 1.